The van der Waals surface area contributed by atoms with Crippen LogP contribution in [0, 0.1) is 0 Å². The average molecular weight is 241 g/mol. The van der Waals surface area contributed by atoms with Crippen molar-refractivity contribution in [2.24, 2.45) is 0 Å². The molecule has 0 rings (SSSR count). The third-order valence-corrected chi connectivity index (χ3v) is 3.78. The van der Waals surface area contributed by atoms with Crippen LogP contribution in [0.25, 0.3) is 0 Å². The predicted octanol–water partition coefficient (Wildman–Crippen LogP) is 3.92. The van der Waals surface area contributed by atoms with E-state index in [1.165, 1.54) is 19.3 Å². The summed E-state index contributed by atoms with van der Waals surface area (Å²) in [7, 11) is 1.85. The van der Waals surface area contributed by atoms with E-state index in [1.54, 1.807) is 0 Å². The zero-order chi connectivity index (χ0) is 13.1. The summed E-state index contributed by atoms with van der Waals surface area (Å²) in [6.07, 6.45) is 8.76. The molecule has 1 N–H and O–H groups in total. The van der Waals surface area contributed by atoms with E-state index in [9.17, 15) is 0 Å². The highest BCUT2D eigenvalue weighted by Crippen LogP contribution is 2.27. The lowest BCUT2D eigenvalue weighted by molar-refractivity contribution is -0.0496. The molecule has 102 valence electrons. The molecule has 0 heterocycles. The Morgan fingerprint density at radius 1 is 1.29 bits per heavy atom. The van der Waals surface area contributed by atoms with Crippen LogP contribution >= 0.6 is 0 Å². The Morgan fingerprint density at radius 2 is 1.94 bits per heavy atom. The molecule has 0 aromatic rings. The molecule has 2 nitrogen and oxygen atoms in total. The van der Waals surface area contributed by atoms with Crippen LogP contribution in [0.1, 0.15) is 59.3 Å². The SMILES string of the molecule is C=CCCCC(NCCC)C(CC)(CC)OC. The van der Waals surface area contributed by atoms with Gasteiger partial charge in [-0.1, -0.05) is 26.8 Å². The lowest BCUT2D eigenvalue weighted by Crippen LogP contribution is -2.51. The van der Waals surface area contributed by atoms with Gasteiger partial charge in [0.15, 0.2) is 0 Å². The summed E-state index contributed by atoms with van der Waals surface area (Å²) in [5.74, 6) is 0. The van der Waals surface area contributed by atoms with Crippen molar-refractivity contribution in [3.63, 3.8) is 0 Å². The minimum absolute atomic E-state index is 0.00363. The first-order valence-corrected chi connectivity index (χ1v) is 7.10. The summed E-state index contributed by atoms with van der Waals surface area (Å²) in [5.41, 5.74) is -0.00363. The first kappa shape index (κ1) is 16.7. The van der Waals surface area contributed by atoms with Crippen LogP contribution < -0.4 is 5.32 Å². The van der Waals surface area contributed by atoms with E-state index in [-0.39, 0.29) is 5.60 Å². The maximum atomic E-state index is 5.84. The number of ether oxygens (including phenoxy) is 1. The van der Waals surface area contributed by atoms with Gasteiger partial charge in [0.25, 0.3) is 0 Å². The molecule has 0 fully saturated rings. The fourth-order valence-electron chi connectivity index (χ4n) is 2.51. The molecule has 0 saturated carbocycles. The van der Waals surface area contributed by atoms with Gasteiger partial charge in [-0.05, 0) is 45.1 Å². The average Bonchev–Trinajstić information content (AvgIpc) is 2.37. The van der Waals surface area contributed by atoms with Crippen molar-refractivity contribution in [3.8, 4) is 0 Å². The van der Waals surface area contributed by atoms with E-state index in [1.807, 2.05) is 13.2 Å². The molecule has 0 aliphatic rings. The summed E-state index contributed by atoms with van der Waals surface area (Å²) in [6.45, 7) is 11.5. The normalized spacial score (nSPS) is 13.6. The molecule has 0 radical (unpaired) electrons. The van der Waals surface area contributed by atoms with Crippen molar-refractivity contribution in [2.75, 3.05) is 13.7 Å². The predicted molar refractivity (Wildman–Crippen MR) is 76.5 cm³/mol. The van der Waals surface area contributed by atoms with Gasteiger partial charge in [-0.25, -0.2) is 0 Å². The highest BCUT2D eigenvalue weighted by atomic mass is 16.5. The van der Waals surface area contributed by atoms with E-state index in [0.717, 1.165) is 25.8 Å². The molecule has 2 heteroatoms. The molecule has 17 heavy (non-hydrogen) atoms. The van der Waals surface area contributed by atoms with Crippen LogP contribution in [0.3, 0.4) is 0 Å². The van der Waals surface area contributed by atoms with Crippen LogP contribution in [0.15, 0.2) is 12.7 Å². The number of unbranched alkanes of at least 4 members (excludes halogenated alkanes) is 1. The fraction of sp³-hybridized carbons (Fsp3) is 0.867. The maximum absolute atomic E-state index is 5.84. The molecule has 1 atom stereocenters. The Balaban J connectivity index is 4.53. The summed E-state index contributed by atoms with van der Waals surface area (Å²) in [4.78, 5) is 0. The van der Waals surface area contributed by atoms with E-state index >= 15 is 0 Å². The van der Waals surface area contributed by atoms with E-state index in [4.69, 9.17) is 4.74 Å². The lowest BCUT2D eigenvalue weighted by Gasteiger charge is -2.39. The second-order valence-corrected chi connectivity index (χ2v) is 4.70. The smallest absolute Gasteiger partial charge is 0.0825 e. The highest BCUT2D eigenvalue weighted by molar-refractivity contribution is 4.91. The standard InChI is InChI=1S/C15H31NO/c1-6-10-11-12-14(16-13-7-2)15(8-3,9-4)17-5/h6,14,16H,1,7-13H2,2-5H3. The molecule has 0 aliphatic heterocycles. The summed E-state index contributed by atoms with van der Waals surface area (Å²) >= 11 is 0. The maximum Gasteiger partial charge on any atom is 0.0825 e. The van der Waals surface area contributed by atoms with Gasteiger partial charge in [0, 0.05) is 13.2 Å². The van der Waals surface area contributed by atoms with Crippen molar-refractivity contribution >= 4 is 0 Å². The Hall–Kier alpha value is -0.340. The highest BCUT2D eigenvalue weighted by Gasteiger charge is 2.34. The van der Waals surface area contributed by atoms with Gasteiger partial charge in [-0.15, -0.1) is 6.58 Å². The second-order valence-electron chi connectivity index (χ2n) is 4.70. The largest absolute Gasteiger partial charge is 0.377 e. The Bertz CT molecular complexity index is 179. The summed E-state index contributed by atoms with van der Waals surface area (Å²) < 4.78 is 5.84. The number of allylic oxidation sites excluding steroid dienone is 1. The molecule has 0 bridgehead atoms. The number of methoxy groups -OCH3 is 1. The third kappa shape index (κ3) is 5.22. The lowest BCUT2D eigenvalue weighted by atomic mass is 9.85. The van der Waals surface area contributed by atoms with Gasteiger partial charge in [0.2, 0.25) is 0 Å². The number of hydrogen-bond donors (Lipinski definition) is 1. The van der Waals surface area contributed by atoms with Crippen molar-refractivity contribution < 1.29 is 4.74 Å². The zero-order valence-electron chi connectivity index (χ0n) is 12.2. The van der Waals surface area contributed by atoms with E-state index in [2.05, 4.69) is 32.7 Å². The zero-order valence-corrected chi connectivity index (χ0v) is 12.2. The molecule has 0 aromatic heterocycles. The van der Waals surface area contributed by atoms with Crippen LogP contribution in [-0.4, -0.2) is 25.3 Å². The quantitative estimate of drug-likeness (QED) is 0.437. The van der Waals surface area contributed by atoms with Gasteiger partial charge in [0.05, 0.1) is 5.60 Å². The third-order valence-electron chi connectivity index (χ3n) is 3.78. The summed E-state index contributed by atoms with van der Waals surface area (Å²) in [5, 5.41) is 3.66. The minimum Gasteiger partial charge on any atom is -0.377 e. The van der Waals surface area contributed by atoms with Crippen molar-refractivity contribution in [2.45, 2.75) is 70.9 Å². The van der Waals surface area contributed by atoms with Crippen LogP contribution in [0.5, 0.6) is 0 Å². The van der Waals surface area contributed by atoms with Crippen LogP contribution in [0.2, 0.25) is 0 Å². The first-order valence-electron chi connectivity index (χ1n) is 7.10. The first-order chi connectivity index (χ1) is 8.20. The molecule has 0 saturated heterocycles. The summed E-state index contributed by atoms with van der Waals surface area (Å²) in [6, 6.07) is 0.461. The molecular formula is C15H31NO. The topological polar surface area (TPSA) is 21.3 Å². The van der Waals surface area contributed by atoms with Gasteiger partial charge >= 0.3 is 0 Å². The molecule has 1 unspecified atom stereocenters. The van der Waals surface area contributed by atoms with Gasteiger partial charge in [0.1, 0.15) is 0 Å². The Morgan fingerprint density at radius 3 is 2.35 bits per heavy atom. The number of rotatable bonds is 11. The van der Waals surface area contributed by atoms with E-state index in [0.29, 0.717) is 6.04 Å². The Kier molecular flexibility index (Phi) is 9.47. The van der Waals surface area contributed by atoms with Crippen molar-refractivity contribution in [1.29, 1.82) is 0 Å². The Labute approximate surface area is 108 Å². The number of hydrogen-bond acceptors (Lipinski definition) is 2. The van der Waals surface area contributed by atoms with Gasteiger partial charge in [-0.3, -0.25) is 0 Å². The fourth-order valence-corrected chi connectivity index (χ4v) is 2.51. The molecule has 0 amide bonds. The second kappa shape index (κ2) is 9.67. The van der Waals surface area contributed by atoms with Crippen LogP contribution in [-0.2, 0) is 4.74 Å². The monoisotopic (exact) mass is 241 g/mol. The number of nitrogens with one attached hydrogen (secondary N) is 1. The van der Waals surface area contributed by atoms with Gasteiger partial charge < -0.3 is 10.1 Å². The molecule has 0 spiro atoms. The van der Waals surface area contributed by atoms with Crippen molar-refractivity contribution in [1.82, 2.24) is 5.32 Å². The van der Waals surface area contributed by atoms with Gasteiger partial charge in [-0.2, -0.15) is 0 Å². The molecule has 0 aliphatic carbocycles. The van der Waals surface area contributed by atoms with Crippen molar-refractivity contribution in [3.05, 3.63) is 12.7 Å². The molecular weight excluding hydrogens is 210 g/mol. The van der Waals surface area contributed by atoms with Crippen LogP contribution in [0.4, 0.5) is 0 Å². The van der Waals surface area contributed by atoms with E-state index < -0.39 is 0 Å². The molecule has 0 aromatic carbocycles. The minimum atomic E-state index is -0.00363.